The van der Waals surface area contributed by atoms with Crippen LogP contribution in [0.2, 0.25) is 0 Å². The van der Waals surface area contributed by atoms with Crippen molar-refractivity contribution in [2.24, 2.45) is 0 Å². The van der Waals surface area contributed by atoms with Crippen molar-refractivity contribution in [3.8, 4) is 0 Å². The summed E-state index contributed by atoms with van der Waals surface area (Å²) < 4.78 is 16.0. The van der Waals surface area contributed by atoms with Gasteiger partial charge in [0, 0.05) is 0 Å². The van der Waals surface area contributed by atoms with Crippen LogP contribution in [0.3, 0.4) is 0 Å². The Morgan fingerprint density at radius 2 is 1.41 bits per heavy atom. The third-order valence-corrected chi connectivity index (χ3v) is 5.22. The maximum Gasteiger partial charge on any atom is 0.329 e. The van der Waals surface area contributed by atoms with Crippen molar-refractivity contribution in [3.05, 3.63) is 12.2 Å². The topological polar surface area (TPSA) is 186 Å². The van der Waals surface area contributed by atoms with E-state index in [-0.39, 0.29) is 12.8 Å². The number of aliphatic hydroxyl groups excluding tert-OH is 6. The molecule has 0 aromatic rings. The van der Waals surface area contributed by atoms with Gasteiger partial charge in [-0.25, -0.2) is 4.79 Å². The Morgan fingerprint density at radius 1 is 0.862 bits per heavy atom. The summed E-state index contributed by atoms with van der Waals surface area (Å²) >= 11 is 0. The molecular weight excluding hydrogens is 392 g/mol. The van der Waals surface area contributed by atoms with Crippen LogP contribution in [0.5, 0.6) is 0 Å². The molecule has 0 radical (unpaired) electrons. The molecule has 0 bridgehead atoms. The van der Waals surface area contributed by atoms with E-state index in [1.807, 2.05) is 0 Å². The Balaban J connectivity index is 1.93. The van der Waals surface area contributed by atoms with Gasteiger partial charge in [-0.1, -0.05) is 12.2 Å². The van der Waals surface area contributed by atoms with Crippen LogP contribution in [0.15, 0.2) is 12.2 Å². The predicted molar refractivity (Wildman–Crippen MR) is 95.9 cm³/mol. The maximum atomic E-state index is 10.7. The highest BCUT2D eigenvalue weighted by Gasteiger charge is 2.45. The van der Waals surface area contributed by atoms with Crippen molar-refractivity contribution in [2.75, 3.05) is 13.2 Å². The number of carbonyl (C=O) groups is 1. The smallest absolute Gasteiger partial charge is 0.329 e. The van der Waals surface area contributed by atoms with Gasteiger partial charge in [-0.15, -0.1) is 0 Å². The quantitative estimate of drug-likeness (QED) is 0.200. The first kappa shape index (κ1) is 24.1. The van der Waals surface area contributed by atoms with Gasteiger partial charge in [-0.05, 0) is 19.8 Å². The van der Waals surface area contributed by atoms with Crippen LogP contribution in [0.25, 0.3) is 0 Å². The molecule has 2 aliphatic rings. The Bertz CT molecular complexity index is 556. The number of rotatable bonds is 8. The molecule has 11 nitrogen and oxygen atoms in total. The molecule has 0 aromatic carbocycles. The lowest BCUT2D eigenvalue weighted by Crippen LogP contribution is -2.59. The lowest BCUT2D eigenvalue weighted by atomic mass is 9.92. The first-order valence-electron chi connectivity index (χ1n) is 9.47. The normalized spacial score (nSPS) is 43.6. The average Bonchev–Trinajstić information content (AvgIpc) is 2.68. The summed E-state index contributed by atoms with van der Waals surface area (Å²) in [6.45, 7) is 0.324. The van der Waals surface area contributed by atoms with Crippen molar-refractivity contribution in [2.45, 2.75) is 80.8 Å². The number of aliphatic hydroxyl groups is 6. The van der Waals surface area contributed by atoms with Gasteiger partial charge >= 0.3 is 5.97 Å². The van der Waals surface area contributed by atoms with Gasteiger partial charge in [0.15, 0.2) is 0 Å². The molecule has 0 aromatic heterocycles. The van der Waals surface area contributed by atoms with Crippen LogP contribution in [0, 0.1) is 0 Å². The second kappa shape index (κ2) is 10.8. The zero-order valence-electron chi connectivity index (χ0n) is 16.0. The first-order valence-corrected chi connectivity index (χ1v) is 9.47. The van der Waals surface area contributed by atoms with Crippen LogP contribution in [0.1, 0.15) is 19.8 Å². The standard InChI is InChI=1S/C18H30O11/c1-8-13(22)17(26)14(23)9(28-8)4-2-3-5-10-15(24)18(27-7-12(20)21)16(25)11(6-19)29-10/h2-3,8-11,13-19,22-26H,4-7H2,1H3,(H,20,21)/b3-2-/t8-,9-,10-,11+,13+,14+,15-,16-,17+,18+/m0/s1. The van der Waals surface area contributed by atoms with E-state index in [1.54, 1.807) is 19.1 Å². The zero-order chi connectivity index (χ0) is 21.7. The van der Waals surface area contributed by atoms with Crippen LogP contribution in [-0.2, 0) is 19.0 Å². The summed E-state index contributed by atoms with van der Waals surface area (Å²) in [7, 11) is 0. The van der Waals surface area contributed by atoms with Gasteiger partial charge in [-0.3, -0.25) is 0 Å². The molecule has 29 heavy (non-hydrogen) atoms. The maximum absolute atomic E-state index is 10.7. The fourth-order valence-electron chi connectivity index (χ4n) is 3.51. The molecule has 0 unspecified atom stereocenters. The van der Waals surface area contributed by atoms with Gasteiger partial charge in [-0.2, -0.15) is 0 Å². The third-order valence-electron chi connectivity index (χ3n) is 5.22. The molecule has 2 saturated heterocycles. The second-order valence-electron chi connectivity index (χ2n) is 7.34. The van der Waals surface area contributed by atoms with E-state index in [2.05, 4.69) is 0 Å². The first-order chi connectivity index (χ1) is 13.7. The van der Waals surface area contributed by atoms with E-state index < -0.39 is 80.2 Å². The summed E-state index contributed by atoms with van der Waals surface area (Å²) in [5, 5.41) is 68.1. The lowest BCUT2D eigenvalue weighted by Gasteiger charge is -2.41. The number of carboxylic acid groups (broad SMARTS) is 1. The lowest BCUT2D eigenvalue weighted by molar-refractivity contribution is -0.240. The summed E-state index contributed by atoms with van der Waals surface area (Å²) in [6, 6.07) is 0. The SMILES string of the molecule is C[C@@H]1O[C@@H](C/C=C\C[C@@H]2O[C@H](CO)[C@H](O)[C@H](OCC(=O)O)[C@H]2O)[C@@H](O)[C@H](O)[C@@H]1O. The Hall–Kier alpha value is -1.15. The van der Waals surface area contributed by atoms with Crippen molar-refractivity contribution >= 4 is 5.97 Å². The highest BCUT2D eigenvalue weighted by Crippen LogP contribution is 2.27. The van der Waals surface area contributed by atoms with Gasteiger partial charge in [0.25, 0.3) is 0 Å². The molecule has 2 heterocycles. The fourth-order valence-corrected chi connectivity index (χ4v) is 3.51. The molecule has 0 spiro atoms. The molecule has 2 rings (SSSR count). The van der Waals surface area contributed by atoms with Crippen LogP contribution >= 0.6 is 0 Å². The molecule has 0 saturated carbocycles. The summed E-state index contributed by atoms with van der Waals surface area (Å²) in [5.74, 6) is -1.26. The average molecular weight is 422 g/mol. The second-order valence-corrected chi connectivity index (χ2v) is 7.34. The van der Waals surface area contributed by atoms with Crippen LogP contribution in [-0.4, -0.2) is 116 Å². The van der Waals surface area contributed by atoms with E-state index in [9.17, 15) is 35.4 Å². The largest absolute Gasteiger partial charge is 0.480 e. The molecule has 7 N–H and O–H groups in total. The minimum atomic E-state index is -1.39. The molecule has 0 amide bonds. The number of ether oxygens (including phenoxy) is 3. The van der Waals surface area contributed by atoms with Gasteiger partial charge in [0.05, 0.1) is 24.9 Å². The van der Waals surface area contributed by atoms with Crippen molar-refractivity contribution in [1.29, 1.82) is 0 Å². The number of carboxylic acids is 1. The van der Waals surface area contributed by atoms with Gasteiger partial charge in [0.1, 0.15) is 49.3 Å². The minimum absolute atomic E-state index is 0.154. The van der Waals surface area contributed by atoms with Crippen molar-refractivity contribution in [3.63, 3.8) is 0 Å². The van der Waals surface area contributed by atoms with Crippen LogP contribution < -0.4 is 0 Å². The van der Waals surface area contributed by atoms with E-state index in [0.717, 1.165) is 0 Å². The van der Waals surface area contributed by atoms with E-state index in [4.69, 9.17) is 19.3 Å². The third kappa shape index (κ3) is 5.94. The number of aliphatic carboxylic acids is 1. The zero-order valence-corrected chi connectivity index (χ0v) is 16.0. The minimum Gasteiger partial charge on any atom is -0.480 e. The molecule has 168 valence electrons. The van der Waals surface area contributed by atoms with E-state index in [1.165, 1.54) is 0 Å². The van der Waals surface area contributed by atoms with E-state index in [0.29, 0.717) is 0 Å². The van der Waals surface area contributed by atoms with Crippen LogP contribution in [0.4, 0.5) is 0 Å². The Morgan fingerprint density at radius 3 is 1.97 bits per heavy atom. The number of hydrogen-bond donors (Lipinski definition) is 7. The summed E-state index contributed by atoms with van der Waals surface area (Å²) in [4.78, 5) is 10.7. The monoisotopic (exact) mass is 422 g/mol. The molecule has 2 fully saturated rings. The van der Waals surface area contributed by atoms with Gasteiger partial charge in [0.2, 0.25) is 0 Å². The van der Waals surface area contributed by atoms with Crippen molar-refractivity contribution < 1.29 is 54.8 Å². The van der Waals surface area contributed by atoms with Crippen molar-refractivity contribution in [1.82, 2.24) is 0 Å². The molecule has 11 heteroatoms. The fraction of sp³-hybridized carbons (Fsp3) is 0.833. The van der Waals surface area contributed by atoms with E-state index >= 15 is 0 Å². The highest BCUT2D eigenvalue weighted by atomic mass is 16.6. The molecular formula is C18H30O11. The molecule has 2 aliphatic heterocycles. The summed E-state index contributed by atoms with van der Waals surface area (Å²) in [6.07, 6.45) is -7.35. The number of hydrogen-bond acceptors (Lipinski definition) is 10. The predicted octanol–water partition coefficient (Wildman–Crippen LogP) is -2.86. The Kier molecular flexibility index (Phi) is 8.94. The molecule has 10 atom stereocenters. The molecule has 0 aliphatic carbocycles. The highest BCUT2D eigenvalue weighted by molar-refractivity contribution is 5.68. The summed E-state index contributed by atoms with van der Waals surface area (Å²) in [5.41, 5.74) is 0. The van der Waals surface area contributed by atoms with Gasteiger partial charge < -0.3 is 50.0 Å². The Labute approximate surface area is 167 Å².